The largest absolute Gasteiger partial charge is 0.380 e. The number of H-pyrrole nitrogens is 2. The average molecular weight is 312 g/mol. The lowest BCUT2D eigenvalue weighted by atomic mass is 10.2. The Morgan fingerprint density at radius 3 is 3.13 bits per heavy atom. The molecule has 1 saturated heterocycles. The van der Waals surface area contributed by atoms with Gasteiger partial charge in [0, 0.05) is 43.4 Å². The Morgan fingerprint density at radius 1 is 1.48 bits per heavy atom. The van der Waals surface area contributed by atoms with Crippen LogP contribution in [0.1, 0.15) is 28.8 Å². The smallest absolute Gasteiger partial charge is 0.271 e. The van der Waals surface area contributed by atoms with Crippen molar-refractivity contribution in [3.05, 3.63) is 42.4 Å². The van der Waals surface area contributed by atoms with Gasteiger partial charge >= 0.3 is 0 Å². The van der Waals surface area contributed by atoms with Gasteiger partial charge in [-0.2, -0.15) is 5.10 Å². The normalized spacial score (nSPS) is 21.2. The van der Waals surface area contributed by atoms with Gasteiger partial charge in [-0.1, -0.05) is 0 Å². The number of fused-ring (bicyclic) bond motifs is 1. The third kappa shape index (κ3) is 2.36. The Kier molecular flexibility index (Phi) is 3.30. The second-order valence-corrected chi connectivity index (χ2v) is 5.58. The lowest BCUT2D eigenvalue weighted by molar-refractivity contribution is 0.0679. The number of carbonyl (C=O) groups is 1. The monoisotopic (exact) mass is 312 g/mol. The fourth-order valence-electron chi connectivity index (χ4n) is 3.07. The standard InChI is InChI=1S/C15H16N6O2/c1-23-10-5-13(14-17-8-18-20-14)21(7-10)15(22)12-4-9-6-16-3-2-11(9)19-12/h2-4,6,8,10,13,19H,5,7H2,1H3,(H,17,18,20)/t10-,13+/m1/s1. The number of amides is 1. The molecule has 118 valence electrons. The van der Waals surface area contributed by atoms with Crippen LogP contribution in [0.2, 0.25) is 0 Å². The van der Waals surface area contributed by atoms with Gasteiger partial charge in [0.1, 0.15) is 17.8 Å². The van der Waals surface area contributed by atoms with E-state index in [1.165, 1.54) is 6.33 Å². The van der Waals surface area contributed by atoms with Crippen molar-refractivity contribution >= 4 is 16.8 Å². The van der Waals surface area contributed by atoms with Crippen molar-refractivity contribution in [2.45, 2.75) is 18.6 Å². The summed E-state index contributed by atoms with van der Waals surface area (Å²) in [6.45, 7) is 0.522. The molecule has 4 heterocycles. The molecule has 4 rings (SSSR count). The predicted molar refractivity (Wildman–Crippen MR) is 81.7 cm³/mol. The van der Waals surface area contributed by atoms with Crippen molar-refractivity contribution in [3.63, 3.8) is 0 Å². The van der Waals surface area contributed by atoms with Gasteiger partial charge in [-0.15, -0.1) is 0 Å². The molecule has 3 aromatic rings. The molecule has 2 N–H and O–H groups in total. The van der Waals surface area contributed by atoms with Crippen LogP contribution >= 0.6 is 0 Å². The molecule has 1 aliphatic heterocycles. The highest BCUT2D eigenvalue weighted by Crippen LogP contribution is 2.32. The van der Waals surface area contributed by atoms with Gasteiger partial charge in [-0.25, -0.2) is 4.98 Å². The summed E-state index contributed by atoms with van der Waals surface area (Å²) < 4.78 is 5.44. The highest BCUT2D eigenvalue weighted by Gasteiger charge is 2.38. The van der Waals surface area contributed by atoms with E-state index >= 15 is 0 Å². The molecule has 2 atom stereocenters. The van der Waals surface area contributed by atoms with E-state index in [0.29, 0.717) is 24.5 Å². The topological polar surface area (TPSA) is 99.8 Å². The number of hydrogen-bond acceptors (Lipinski definition) is 5. The minimum absolute atomic E-state index is 0.0138. The van der Waals surface area contributed by atoms with Crippen LogP contribution in [0, 0.1) is 0 Å². The number of nitrogens with zero attached hydrogens (tertiary/aromatic N) is 4. The summed E-state index contributed by atoms with van der Waals surface area (Å²) in [5.74, 6) is 0.595. The number of rotatable bonds is 3. The highest BCUT2D eigenvalue weighted by atomic mass is 16.5. The first-order valence-corrected chi connectivity index (χ1v) is 7.38. The Morgan fingerprint density at radius 2 is 2.39 bits per heavy atom. The minimum Gasteiger partial charge on any atom is -0.380 e. The summed E-state index contributed by atoms with van der Waals surface area (Å²) >= 11 is 0. The molecule has 1 aliphatic rings. The molecule has 8 nitrogen and oxygen atoms in total. The Labute approximate surface area is 131 Å². The van der Waals surface area contributed by atoms with Crippen molar-refractivity contribution in [1.29, 1.82) is 0 Å². The SMILES string of the molecule is CO[C@@H]1C[C@@H](c2ncn[nH]2)N(C(=O)c2cc3cnccc3[nH]2)C1. The molecular formula is C15H16N6O2. The first-order chi connectivity index (χ1) is 11.3. The molecule has 0 saturated carbocycles. The average Bonchev–Trinajstić information content (AvgIpc) is 3.30. The number of carbonyl (C=O) groups excluding carboxylic acids is 1. The van der Waals surface area contributed by atoms with Crippen LogP contribution in [0.25, 0.3) is 10.9 Å². The van der Waals surface area contributed by atoms with Crippen molar-refractivity contribution in [1.82, 2.24) is 30.0 Å². The van der Waals surface area contributed by atoms with E-state index in [1.54, 1.807) is 24.4 Å². The molecule has 1 fully saturated rings. The zero-order valence-corrected chi connectivity index (χ0v) is 12.6. The highest BCUT2D eigenvalue weighted by molar-refractivity contribution is 5.98. The van der Waals surface area contributed by atoms with E-state index in [9.17, 15) is 4.79 Å². The van der Waals surface area contributed by atoms with E-state index < -0.39 is 0 Å². The van der Waals surface area contributed by atoms with Crippen molar-refractivity contribution in [2.75, 3.05) is 13.7 Å². The third-order valence-electron chi connectivity index (χ3n) is 4.26. The first kappa shape index (κ1) is 13.9. The fourth-order valence-corrected chi connectivity index (χ4v) is 3.07. The van der Waals surface area contributed by atoms with Crippen molar-refractivity contribution in [2.24, 2.45) is 0 Å². The quantitative estimate of drug-likeness (QED) is 0.759. The number of aromatic amines is 2. The van der Waals surface area contributed by atoms with Gasteiger partial charge in [0.2, 0.25) is 0 Å². The van der Waals surface area contributed by atoms with Crippen molar-refractivity contribution in [3.8, 4) is 0 Å². The number of nitrogens with one attached hydrogen (secondary N) is 2. The van der Waals surface area contributed by atoms with Crippen LogP contribution in [-0.4, -0.2) is 55.7 Å². The molecular weight excluding hydrogens is 296 g/mol. The number of ether oxygens (including phenoxy) is 1. The van der Waals surface area contributed by atoms with E-state index in [2.05, 4.69) is 25.1 Å². The summed E-state index contributed by atoms with van der Waals surface area (Å²) in [4.78, 5) is 26.1. The van der Waals surface area contributed by atoms with Crippen LogP contribution in [0.3, 0.4) is 0 Å². The van der Waals surface area contributed by atoms with Gasteiger partial charge < -0.3 is 14.6 Å². The molecule has 23 heavy (non-hydrogen) atoms. The molecule has 3 aromatic heterocycles. The summed E-state index contributed by atoms with van der Waals surface area (Å²) in [5, 5.41) is 7.66. The van der Waals surface area contributed by atoms with Gasteiger partial charge in [-0.3, -0.25) is 14.9 Å². The number of aromatic nitrogens is 5. The number of hydrogen-bond donors (Lipinski definition) is 2. The summed E-state index contributed by atoms with van der Waals surface area (Å²) in [7, 11) is 1.66. The zero-order chi connectivity index (χ0) is 15.8. The maximum atomic E-state index is 12.9. The minimum atomic E-state index is -0.167. The molecule has 0 aromatic carbocycles. The van der Waals surface area contributed by atoms with E-state index in [-0.39, 0.29) is 18.1 Å². The van der Waals surface area contributed by atoms with E-state index in [0.717, 1.165) is 10.9 Å². The van der Waals surface area contributed by atoms with Crippen LogP contribution in [-0.2, 0) is 4.74 Å². The lowest BCUT2D eigenvalue weighted by Crippen LogP contribution is -2.32. The molecule has 0 bridgehead atoms. The Bertz CT molecular complexity index is 794. The molecule has 0 spiro atoms. The summed E-state index contributed by atoms with van der Waals surface area (Å²) in [6, 6.07) is 3.50. The first-order valence-electron chi connectivity index (χ1n) is 7.38. The van der Waals surface area contributed by atoms with Crippen LogP contribution in [0.4, 0.5) is 0 Å². The van der Waals surface area contributed by atoms with Crippen molar-refractivity contribution < 1.29 is 9.53 Å². The Balaban J connectivity index is 1.67. The van der Waals surface area contributed by atoms with Gasteiger partial charge in [-0.05, 0) is 12.1 Å². The zero-order valence-electron chi connectivity index (χ0n) is 12.6. The predicted octanol–water partition coefficient (Wildman–Crippen LogP) is 1.28. The van der Waals surface area contributed by atoms with Crippen LogP contribution < -0.4 is 0 Å². The fraction of sp³-hybridized carbons (Fsp3) is 0.333. The van der Waals surface area contributed by atoms with Gasteiger partial charge in [0.25, 0.3) is 5.91 Å². The molecule has 1 amide bonds. The molecule has 8 heteroatoms. The third-order valence-corrected chi connectivity index (χ3v) is 4.26. The van der Waals surface area contributed by atoms with Crippen LogP contribution in [0.5, 0.6) is 0 Å². The number of pyridine rings is 1. The maximum absolute atomic E-state index is 12.9. The molecule has 0 aliphatic carbocycles. The van der Waals surface area contributed by atoms with Crippen LogP contribution in [0.15, 0.2) is 30.9 Å². The molecule has 0 unspecified atom stereocenters. The van der Waals surface area contributed by atoms with Gasteiger partial charge in [0.05, 0.1) is 12.1 Å². The number of likely N-dealkylation sites (tertiary alicyclic amines) is 1. The Hall–Kier alpha value is -2.74. The van der Waals surface area contributed by atoms with E-state index in [1.807, 2.05) is 12.1 Å². The second kappa shape index (κ2) is 5.47. The van der Waals surface area contributed by atoms with Gasteiger partial charge in [0.15, 0.2) is 0 Å². The lowest BCUT2D eigenvalue weighted by Gasteiger charge is -2.21. The van der Waals surface area contributed by atoms with E-state index in [4.69, 9.17) is 4.74 Å². The number of methoxy groups -OCH3 is 1. The molecule has 0 radical (unpaired) electrons. The summed E-state index contributed by atoms with van der Waals surface area (Å²) in [6.07, 6.45) is 5.56. The maximum Gasteiger partial charge on any atom is 0.271 e. The summed E-state index contributed by atoms with van der Waals surface area (Å²) in [5.41, 5.74) is 1.43. The second-order valence-electron chi connectivity index (χ2n) is 5.58.